The molecule has 0 saturated carbocycles. The van der Waals surface area contributed by atoms with Crippen LogP contribution in [0.5, 0.6) is 5.75 Å². The van der Waals surface area contributed by atoms with Crippen molar-refractivity contribution in [1.29, 1.82) is 0 Å². The molecule has 0 radical (unpaired) electrons. The summed E-state index contributed by atoms with van der Waals surface area (Å²) in [6.07, 6.45) is 4.07. The van der Waals surface area contributed by atoms with Gasteiger partial charge in [-0.05, 0) is 45.2 Å². The highest BCUT2D eigenvalue weighted by atomic mass is 16.5. The van der Waals surface area contributed by atoms with E-state index in [4.69, 9.17) is 9.73 Å². The highest BCUT2D eigenvalue weighted by Crippen LogP contribution is 2.35. The van der Waals surface area contributed by atoms with Crippen LogP contribution in [0.3, 0.4) is 0 Å². The van der Waals surface area contributed by atoms with Crippen molar-refractivity contribution in [3.63, 3.8) is 0 Å². The van der Waals surface area contributed by atoms with Gasteiger partial charge in [-0.2, -0.15) is 0 Å². The fourth-order valence-corrected chi connectivity index (χ4v) is 2.95. The molecule has 0 atom stereocenters. The standard InChI is InChI=1S/C20H25N3O/c1-5-18-16(14-15(2)3)20(23-12-10-22(4)11-13-23)21-17-8-6-7-9-19(17)24-18/h5-9,14H,2,10-13H2,1,3-4H3/b16-14+,18-5+. The van der Waals surface area contributed by atoms with Gasteiger partial charge in [-0.3, -0.25) is 0 Å². The second-order valence-corrected chi connectivity index (χ2v) is 6.35. The fourth-order valence-electron chi connectivity index (χ4n) is 2.95. The van der Waals surface area contributed by atoms with E-state index in [1.807, 2.05) is 44.2 Å². The minimum atomic E-state index is 0.794. The number of aliphatic imine (C=N–C) groups is 1. The Labute approximate surface area is 144 Å². The first kappa shape index (κ1) is 16.5. The molecule has 4 nitrogen and oxygen atoms in total. The zero-order valence-electron chi connectivity index (χ0n) is 14.7. The summed E-state index contributed by atoms with van der Waals surface area (Å²) in [5, 5.41) is 0. The highest BCUT2D eigenvalue weighted by Gasteiger charge is 2.26. The van der Waals surface area contributed by atoms with Gasteiger partial charge < -0.3 is 14.5 Å². The van der Waals surface area contributed by atoms with E-state index in [0.29, 0.717) is 0 Å². The zero-order chi connectivity index (χ0) is 17.1. The van der Waals surface area contributed by atoms with Crippen molar-refractivity contribution in [3.8, 4) is 5.75 Å². The first-order valence-electron chi connectivity index (χ1n) is 8.42. The third-order valence-electron chi connectivity index (χ3n) is 4.27. The summed E-state index contributed by atoms with van der Waals surface area (Å²) in [6, 6.07) is 7.94. The normalized spacial score (nSPS) is 22.0. The smallest absolute Gasteiger partial charge is 0.153 e. The SMILES string of the molecule is C=C(C)/C=C1/C(N2CCN(C)CC2)=Nc2ccccc2O/C1=C/C. The number of hydrogen-bond acceptors (Lipinski definition) is 4. The topological polar surface area (TPSA) is 28.1 Å². The molecule has 0 bridgehead atoms. The number of fused-ring (bicyclic) bond motifs is 1. The lowest BCUT2D eigenvalue weighted by Gasteiger charge is -2.35. The van der Waals surface area contributed by atoms with E-state index in [0.717, 1.165) is 60.4 Å². The van der Waals surface area contributed by atoms with Crippen LogP contribution in [0.4, 0.5) is 5.69 Å². The number of piperazine rings is 1. The summed E-state index contributed by atoms with van der Waals surface area (Å²) in [4.78, 5) is 9.66. The molecule has 2 aliphatic rings. The van der Waals surface area contributed by atoms with Gasteiger partial charge in [0.2, 0.25) is 0 Å². The number of nitrogens with zero attached hydrogens (tertiary/aromatic N) is 3. The predicted octanol–water partition coefficient (Wildman–Crippen LogP) is 3.76. The quantitative estimate of drug-likeness (QED) is 0.787. The molecule has 0 spiro atoms. The molecule has 1 fully saturated rings. The average molecular weight is 323 g/mol. The molecule has 24 heavy (non-hydrogen) atoms. The highest BCUT2D eigenvalue weighted by molar-refractivity contribution is 6.04. The Bertz CT molecular complexity index is 722. The number of likely N-dealkylation sites (N-methyl/N-ethyl adjacent to an activating group) is 1. The van der Waals surface area contributed by atoms with Crippen LogP contribution in [0.15, 0.2) is 64.9 Å². The molecule has 0 amide bonds. The second-order valence-electron chi connectivity index (χ2n) is 6.35. The minimum absolute atomic E-state index is 0.794. The molecular formula is C20H25N3O. The number of benzene rings is 1. The summed E-state index contributed by atoms with van der Waals surface area (Å²) in [5.74, 6) is 2.60. The molecule has 3 rings (SSSR count). The number of hydrogen-bond donors (Lipinski definition) is 0. The van der Waals surface area contributed by atoms with E-state index in [1.54, 1.807) is 0 Å². The molecule has 0 unspecified atom stereocenters. The minimum Gasteiger partial charge on any atom is -0.455 e. The molecule has 4 heteroatoms. The Balaban J connectivity index is 2.11. The van der Waals surface area contributed by atoms with Crippen molar-refractivity contribution < 1.29 is 4.74 Å². The summed E-state index contributed by atoms with van der Waals surface area (Å²) in [6.45, 7) is 12.0. The van der Waals surface area contributed by atoms with Crippen LogP contribution in [0.25, 0.3) is 0 Å². The molecular weight excluding hydrogens is 298 g/mol. The summed E-state index contributed by atoms with van der Waals surface area (Å²) < 4.78 is 6.16. The van der Waals surface area contributed by atoms with Crippen molar-refractivity contribution in [3.05, 3.63) is 59.9 Å². The van der Waals surface area contributed by atoms with E-state index < -0.39 is 0 Å². The Morgan fingerprint density at radius 2 is 1.92 bits per heavy atom. The van der Waals surface area contributed by atoms with Crippen molar-refractivity contribution >= 4 is 11.5 Å². The predicted molar refractivity (Wildman–Crippen MR) is 99.9 cm³/mol. The molecule has 0 N–H and O–H groups in total. The van der Waals surface area contributed by atoms with Crippen LogP contribution >= 0.6 is 0 Å². The zero-order valence-corrected chi connectivity index (χ0v) is 14.7. The number of amidine groups is 1. The van der Waals surface area contributed by atoms with Gasteiger partial charge in [0.15, 0.2) is 5.75 Å². The van der Waals surface area contributed by atoms with Crippen molar-refractivity contribution in [1.82, 2.24) is 9.80 Å². The van der Waals surface area contributed by atoms with Crippen LogP contribution in [0, 0.1) is 0 Å². The maximum absolute atomic E-state index is 6.16. The average Bonchev–Trinajstić information content (AvgIpc) is 2.72. The lowest BCUT2D eigenvalue weighted by Crippen LogP contribution is -2.47. The van der Waals surface area contributed by atoms with Gasteiger partial charge in [-0.25, -0.2) is 4.99 Å². The molecule has 2 aliphatic heterocycles. The molecule has 1 saturated heterocycles. The van der Waals surface area contributed by atoms with E-state index in [2.05, 4.69) is 29.5 Å². The summed E-state index contributed by atoms with van der Waals surface area (Å²) in [7, 11) is 2.16. The molecule has 1 aromatic carbocycles. The van der Waals surface area contributed by atoms with Crippen molar-refractivity contribution in [2.24, 2.45) is 4.99 Å². The van der Waals surface area contributed by atoms with E-state index >= 15 is 0 Å². The number of rotatable bonds is 1. The first-order valence-corrected chi connectivity index (χ1v) is 8.42. The number of allylic oxidation sites excluding steroid dienone is 3. The molecule has 126 valence electrons. The Morgan fingerprint density at radius 3 is 2.58 bits per heavy atom. The van der Waals surface area contributed by atoms with Gasteiger partial charge in [0.05, 0.1) is 5.57 Å². The fraction of sp³-hybridized carbons (Fsp3) is 0.350. The third-order valence-corrected chi connectivity index (χ3v) is 4.27. The van der Waals surface area contributed by atoms with Gasteiger partial charge in [0.25, 0.3) is 0 Å². The Kier molecular flexibility index (Phi) is 4.86. The molecule has 1 aromatic rings. The van der Waals surface area contributed by atoms with E-state index in [9.17, 15) is 0 Å². The Hall–Kier alpha value is -2.33. The second kappa shape index (κ2) is 7.05. The Morgan fingerprint density at radius 1 is 1.21 bits per heavy atom. The van der Waals surface area contributed by atoms with Gasteiger partial charge >= 0.3 is 0 Å². The molecule has 2 heterocycles. The van der Waals surface area contributed by atoms with Crippen LogP contribution in [0.2, 0.25) is 0 Å². The largest absolute Gasteiger partial charge is 0.455 e. The van der Waals surface area contributed by atoms with Gasteiger partial charge in [-0.1, -0.05) is 24.3 Å². The van der Waals surface area contributed by atoms with Crippen molar-refractivity contribution in [2.75, 3.05) is 33.2 Å². The lowest BCUT2D eigenvalue weighted by atomic mass is 10.1. The lowest BCUT2D eigenvalue weighted by molar-refractivity contribution is 0.215. The van der Waals surface area contributed by atoms with Crippen LogP contribution < -0.4 is 4.74 Å². The first-order chi connectivity index (χ1) is 11.6. The number of ether oxygens (including phenoxy) is 1. The molecule has 0 aliphatic carbocycles. The van der Waals surface area contributed by atoms with Gasteiger partial charge in [0.1, 0.15) is 17.3 Å². The van der Waals surface area contributed by atoms with E-state index in [1.165, 1.54) is 0 Å². The van der Waals surface area contributed by atoms with Crippen LogP contribution in [0.1, 0.15) is 13.8 Å². The summed E-state index contributed by atoms with van der Waals surface area (Å²) in [5.41, 5.74) is 2.86. The van der Waals surface area contributed by atoms with E-state index in [-0.39, 0.29) is 0 Å². The maximum Gasteiger partial charge on any atom is 0.153 e. The number of para-hydroxylation sites is 2. The van der Waals surface area contributed by atoms with Crippen LogP contribution in [-0.2, 0) is 0 Å². The molecule has 0 aromatic heterocycles. The summed E-state index contributed by atoms with van der Waals surface area (Å²) >= 11 is 0. The van der Waals surface area contributed by atoms with Crippen molar-refractivity contribution in [2.45, 2.75) is 13.8 Å². The van der Waals surface area contributed by atoms with Crippen LogP contribution in [-0.4, -0.2) is 48.9 Å². The van der Waals surface area contributed by atoms with Gasteiger partial charge in [0, 0.05) is 26.2 Å². The van der Waals surface area contributed by atoms with Gasteiger partial charge in [-0.15, -0.1) is 0 Å². The maximum atomic E-state index is 6.16. The monoisotopic (exact) mass is 323 g/mol. The third kappa shape index (κ3) is 3.44.